The van der Waals surface area contributed by atoms with Gasteiger partial charge in [-0.1, -0.05) is 23.7 Å². The molecule has 0 radical (unpaired) electrons. The molecule has 1 aromatic heterocycles. The van der Waals surface area contributed by atoms with Crippen molar-refractivity contribution in [1.82, 2.24) is 4.57 Å². The van der Waals surface area contributed by atoms with Crippen molar-refractivity contribution in [3.8, 4) is 11.8 Å². The Balaban J connectivity index is 2.56. The summed E-state index contributed by atoms with van der Waals surface area (Å²) in [7, 11) is 0. The fraction of sp³-hybridized carbons (Fsp3) is 0.154. The van der Waals surface area contributed by atoms with Gasteiger partial charge in [-0.3, -0.25) is 4.57 Å². The van der Waals surface area contributed by atoms with Crippen molar-refractivity contribution in [2.75, 3.05) is 0 Å². The molecular formula is C13H11ClN2O. The average molecular weight is 247 g/mol. The maximum Gasteiger partial charge on any atom is 0.126 e. The molecule has 1 heterocycles. The van der Waals surface area contributed by atoms with Crippen LogP contribution < -0.4 is 0 Å². The van der Waals surface area contributed by atoms with Gasteiger partial charge in [0.05, 0.1) is 6.61 Å². The van der Waals surface area contributed by atoms with E-state index >= 15 is 0 Å². The number of nitriles is 1. The molecule has 0 bridgehead atoms. The van der Waals surface area contributed by atoms with Crippen LogP contribution in [-0.2, 0) is 6.61 Å². The number of aliphatic hydroxyl groups is 1. The van der Waals surface area contributed by atoms with Gasteiger partial charge < -0.3 is 5.11 Å². The molecule has 2 rings (SSSR count). The number of hydrogen-bond acceptors (Lipinski definition) is 2. The molecule has 3 nitrogen and oxygen atoms in total. The predicted molar refractivity (Wildman–Crippen MR) is 66.2 cm³/mol. The largest absolute Gasteiger partial charge is 0.392 e. The second kappa shape index (κ2) is 4.62. The highest BCUT2D eigenvalue weighted by molar-refractivity contribution is 6.30. The standard InChI is InChI=1S/C13H11ClN2O/c1-9-6-12(7-15)16(13(9)14)11-4-2-10(8-17)3-5-11/h2-6,17H,8H2,1H3. The van der Waals surface area contributed by atoms with Crippen molar-refractivity contribution in [2.45, 2.75) is 13.5 Å². The first kappa shape index (κ1) is 11.7. The molecule has 0 fully saturated rings. The van der Waals surface area contributed by atoms with E-state index in [1.54, 1.807) is 10.6 Å². The van der Waals surface area contributed by atoms with Crippen LogP contribution in [-0.4, -0.2) is 9.67 Å². The van der Waals surface area contributed by atoms with Gasteiger partial charge in [-0.25, -0.2) is 0 Å². The molecule has 1 N–H and O–H groups in total. The van der Waals surface area contributed by atoms with Crippen LogP contribution in [0.4, 0.5) is 0 Å². The van der Waals surface area contributed by atoms with Crippen LogP contribution in [0.2, 0.25) is 5.15 Å². The SMILES string of the molecule is Cc1cc(C#N)n(-c2ccc(CO)cc2)c1Cl. The second-order valence-electron chi connectivity index (χ2n) is 3.78. The molecule has 0 atom stereocenters. The molecule has 0 saturated carbocycles. The molecule has 0 spiro atoms. The van der Waals surface area contributed by atoms with E-state index in [0.29, 0.717) is 10.8 Å². The third kappa shape index (κ3) is 2.05. The molecule has 4 heteroatoms. The number of benzene rings is 1. The average Bonchev–Trinajstić information content (AvgIpc) is 2.65. The molecular weight excluding hydrogens is 236 g/mol. The van der Waals surface area contributed by atoms with Gasteiger partial charge >= 0.3 is 0 Å². The Morgan fingerprint density at radius 1 is 1.35 bits per heavy atom. The Bertz CT molecular complexity index is 579. The van der Waals surface area contributed by atoms with Gasteiger partial charge in [-0.15, -0.1) is 0 Å². The third-order valence-electron chi connectivity index (χ3n) is 2.61. The Hall–Kier alpha value is -1.76. The first-order valence-corrected chi connectivity index (χ1v) is 5.53. The summed E-state index contributed by atoms with van der Waals surface area (Å²) >= 11 is 6.16. The number of aliphatic hydroxyl groups excluding tert-OH is 1. The first-order valence-electron chi connectivity index (χ1n) is 5.15. The molecule has 2 aromatic rings. The smallest absolute Gasteiger partial charge is 0.126 e. The minimum atomic E-state index is 0.00380. The van der Waals surface area contributed by atoms with Gasteiger partial charge in [-0.05, 0) is 36.2 Å². The van der Waals surface area contributed by atoms with Crippen molar-refractivity contribution in [2.24, 2.45) is 0 Å². The van der Waals surface area contributed by atoms with Crippen LogP contribution in [0.15, 0.2) is 30.3 Å². The second-order valence-corrected chi connectivity index (χ2v) is 4.13. The highest BCUT2D eigenvalue weighted by atomic mass is 35.5. The first-order chi connectivity index (χ1) is 8.17. The molecule has 0 aliphatic carbocycles. The Labute approximate surface area is 104 Å². The molecule has 0 aliphatic heterocycles. The maximum absolute atomic E-state index is 9.05. The quantitative estimate of drug-likeness (QED) is 0.886. The van der Waals surface area contributed by atoms with Crippen molar-refractivity contribution < 1.29 is 5.11 Å². The molecule has 17 heavy (non-hydrogen) atoms. The molecule has 0 saturated heterocycles. The fourth-order valence-electron chi connectivity index (χ4n) is 1.70. The summed E-state index contributed by atoms with van der Waals surface area (Å²) in [5, 5.41) is 18.6. The Morgan fingerprint density at radius 2 is 2.00 bits per heavy atom. The van der Waals surface area contributed by atoms with Crippen LogP contribution in [0, 0.1) is 18.3 Å². The zero-order valence-corrected chi connectivity index (χ0v) is 10.1. The van der Waals surface area contributed by atoms with Crippen molar-refractivity contribution in [1.29, 1.82) is 5.26 Å². The van der Waals surface area contributed by atoms with Crippen LogP contribution in [0.5, 0.6) is 0 Å². The van der Waals surface area contributed by atoms with Gasteiger partial charge in [0.2, 0.25) is 0 Å². The van der Waals surface area contributed by atoms with Crippen LogP contribution in [0.25, 0.3) is 5.69 Å². The summed E-state index contributed by atoms with van der Waals surface area (Å²) in [6.07, 6.45) is 0. The van der Waals surface area contributed by atoms with E-state index in [9.17, 15) is 0 Å². The Morgan fingerprint density at radius 3 is 2.53 bits per heavy atom. The molecule has 0 aliphatic rings. The highest BCUT2D eigenvalue weighted by Gasteiger charge is 2.11. The summed E-state index contributed by atoms with van der Waals surface area (Å²) < 4.78 is 1.69. The topological polar surface area (TPSA) is 49.0 Å². The highest BCUT2D eigenvalue weighted by Crippen LogP contribution is 2.25. The van der Waals surface area contributed by atoms with Gasteiger partial charge in [0, 0.05) is 5.69 Å². The van der Waals surface area contributed by atoms with E-state index in [0.717, 1.165) is 16.8 Å². The van der Waals surface area contributed by atoms with Gasteiger partial charge in [0.15, 0.2) is 0 Å². The summed E-state index contributed by atoms with van der Waals surface area (Å²) in [4.78, 5) is 0. The minimum Gasteiger partial charge on any atom is -0.392 e. The maximum atomic E-state index is 9.05. The molecule has 0 amide bonds. The monoisotopic (exact) mass is 246 g/mol. The number of nitrogens with zero attached hydrogens (tertiary/aromatic N) is 2. The zero-order chi connectivity index (χ0) is 12.4. The third-order valence-corrected chi connectivity index (χ3v) is 3.07. The Kier molecular flexibility index (Phi) is 3.19. The number of halogens is 1. The lowest BCUT2D eigenvalue weighted by atomic mass is 10.2. The van der Waals surface area contributed by atoms with Gasteiger partial charge in [0.1, 0.15) is 16.9 Å². The lowest BCUT2D eigenvalue weighted by molar-refractivity contribution is 0.282. The molecule has 0 unspecified atom stereocenters. The fourth-order valence-corrected chi connectivity index (χ4v) is 1.94. The van der Waals surface area contributed by atoms with Gasteiger partial charge in [0.25, 0.3) is 0 Å². The van der Waals surface area contributed by atoms with E-state index in [1.807, 2.05) is 31.2 Å². The number of aryl methyl sites for hydroxylation is 1. The van der Waals surface area contributed by atoms with E-state index in [2.05, 4.69) is 6.07 Å². The molecule has 1 aromatic carbocycles. The van der Waals surface area contributed by atoms with E-state index in [1.165, 1.54) is 0 Å². The van der Waals surface area contributed by atoms with Crippen molar-refractivity contribution in [3.63, 3.8) is 0 Å². The van der Waals surface area contributed by atoms with Gasteiger partial charge in [-0.2, -0.15) is 5.26 Å². The van der Waals surface area contributed by atoms with E-state index in [4.69, 9.17) is 22.0 Å². The zero-order valence-electron chi connectivity index (χ0n) is 9.31. The predicted octanol–water partition coefficient (Wildman–Crippen LogP) is 2.80. The number of aromatic nitrogens is 1. The lowest BCUT2D eigenvalue weighted by Gasteiger charge is -2.07. The van der Waals surface area contributed by atoms with Crippen molar-refractivity contribution in [3.05, 3.63) is 52.3 Å². The normalized spacial score (nSPS) is 10.2. The summed E-state index contributed by atoms with van der Waals surface area (Å²) in [6, 6.07) is 11.1. The minimum absolute atomic E-state index is 0.00380. The number of hydrogen-bond donors (Lipinski definition) is 1. The van der Waals surface area contributed by atoms with E-state index in [-0.39, 0.29) is 6.61 Å². The molecule has 86 valence electrons. The summed E-state index contributed by atoms with van der Waals surface area (Å²) in [6.45, 7) is 1.87. The summed E-state index contributed by atoms with van der Waals surface area (Å²) in [5.74, 6) is 0. The summed E-state index contributed by atoms with van der Waals surface area (Å²) in [5.41, 5.74) is 3.02. The van der Waals surface area contributed by atoms with Crippen molar-refractivity contribution >= 4 is 11.6 Å². The van der Waals surface area contributed by atoms with Crippen LogP contribution in [0.1, 0.15) is 16.8 Å². The number of rotatable bonds is 2. The van der Waals surface area contributed by atoms with E-state index < -0.39 is 0 Å². The lowest BCUT2D eigenvalue weighted by Crippen LogP contribution is -1.97. The van der Waals surface area contributed by atoms with Crippen LogP contribution in [0.3, 0.4) is 0 Å². The van der Waals surface area contributed by atoms with Crippen LogP contribution >= 0.6 is 11.6 Å².